The van der Waals surface area contributed by atoms with E-state index in [9.17, 15) is 13.6 Å². The number of anilines is 1. The van der Waals surface area contributed by atoms with Gasteiger partial charge in [0.25, 0.3) is 5.91 Å². The lowest BCUT2D eigenvalue weighted by Gasteiger charge is -2.15. The third-order valence-corrected chi connectivity index (χ3v) is 2.95. The molecule has 0 saturated heterocycles. The van der Waals surface area contributed by atoms with Gasteiger partial charge in [-0.25, -0.2) is 8.78 Å². The van der Waals surface area contributed by atoms with E-state index >= 15 is 0 Å². The number of nitrogen functional groups attached to an aromatic ring is 1. The van der Waals surface area contributed by atoms with Gasteiger partial charge in [0.05, 0.1) is 11.6 Å². The SMILES string of the molecule is CC(NC(=O)c1cc(N)ccc1F)c1ccccc1F. The van der Waals surface area contributed by atoms with Crippen LogP contribution in [-0.2, 0) is 0 Å². The Bertz CT molecular complexity index is 644. The largest absolute Gasteiger partial charge is 0.399 e. The second-order valence-electron chi connectivity index (χ2n) is 4.46. The zero-order chi connectivity index (χ0) is 14.7. The monoisotopic (exact) mass is 276 g/mol. The Morgan fingerprint density at radius 3 is 2.55 bits per heavy atom. The van der Waals surface area contributed by atoms with Crippen LogP contribution < -0.4 is 11.1 Å². The summed E-state index contributed by atoms with van der Waals surface area (Å²) in [7, 11) is 0. The molecule has 0 aliphatic heterocycles. The first-order chi connectivity index (χ1) is 9.49. The van der Waals surface area contributed by atoms with Crippen molar-refractivity contribution in [3.63, 3.8) is 0 Å². The third-order valence-electron chi connectivity index (χ3n) is 2.95. The van der Waals surface area contributed by atoms with E-state index in [2.05, 4.69) is 5.32 Å². The van der Waals surface area contributed by atoms with Crippen LogP contribution in [0, 0.1) is 11.6 Å². The Hall–Kier alpha value is -2.43. The highest BCUT2D eigenvalue weighted by Crippen LogP contribution is 2.18. The fourth-order valence-corrected chi connectivity index (χ4v) is 1.90. The molecule has 0 aliphatic carbocycles. The molecule has 0 spiro atoms. The molecule has 104 valence electrons. The van der Waals surface area contributed by atoms with Crippen LogP contribution in [0.5, 0.6) is 0 Å². The van der Waals surface area contributed by atoms with Crippen LogP contribution in [-0.4, -0.2) is 5.91 Å². The van der Waals surface area contributed by atoms with Crippen molar-refractivity contribution in [1.29, 1.82) is 0 Å². The molecule has 3 N–H and O–H groups in total. The lowest BCUT2D eigenvalue weighted by atomic mass is 10.1. The zero-order valence-corrected chi connectivity index (χ0v) is 10.9. The van der Waals surface area contributed by atoms with Gasteiger partial charge in [0.2, 0.25) is 0 Å². The van der Waals surface area contributed by atoms with Crippen molar-refractivity contribution in [2.45, 2.75) is 13.0 Å². The molecule has 1 atom stereocenters. The second-order valence-corrected chi connectivity index (χ2v) is 4.46. The number of hydrogen-bond acceptors (Lipinski definition) is 2. The Labute approximate surface area is 115 Å². The third kappa shape index (κ3) is 2.93. The number of benzene rings is 2. The number of amides is 1. The Kier molecular flexibility index (Phi) is 3.98. The van der Waals surface area contributed by atoms with E-state index in [-0.39, 0.29) is 11.3 Å². The lowest BCUT2D eigenvalue weighted by molar-refractivity contribution is 0.0935. The highest BCUT2D eigenvalue weighted by Gasteiger charge is 2.17. The number of nitrogens with two attached hydrogens (primary N) is 1. The van der Waals surface area contributed by atoms with E-state index in [4.69, 9.17) is 5.73 Å². The summed E-state index contributed by atoms with van der Waals surface area (Å²) in [6.07, 6.45) is 0. The highest BCUT2D eigenvalue weighted by atomic mass is 19.1. The van der Waals surface area contributed by atoms with E-state index in [1.165, 1.54) is 18.2 Å². The lowest BCUT2D eigenvalue weighted by Crippen LogP contribution is -2.28. The average molecular weight is 276 g/mol. The summed E-state index contributed by atoms with van der Waals surface area (Å²) in [5.41, 5.74) is 5.99. The summed E-state index contributed by atoms with van der Waals surface area (Å²) >= 11 is 0. The summed E-state index contributed by atoms with van der Waals surface area (Å²) in [4.78, 5) is 12.0. The van der Waals surface area contributed by atoms with Crippen molar-refractivity contribution in [2.75, 3.05) is 5.73 Å². The summed E-state index contributed by atoms with van der Waals surface area (Å²) in [5.74, 6) is -1.73. The molecular weight excluding hydrogens is 262 g/mol. The van der Waals surface area contributed by atoms with Crippen LogP contribution in [0.15, 0.2) is 42.5 Å². The van der Waals surface area contributed by atoms with Gasteiger partial charge in [-0.15, -0.1) is 0 Å². The molecule has 20 heavy (non-hydrogen) atoms. The minimum Gasteiger partial charge on any atom is -0.399 e. The summed E-state index contributed by atoms with van der Waals surface area (Å²) < 4.78 is 27.2. The van der Waals surface area contributed by atoms with Crippen molar-refractivity contribution in [2.24, 2.45) is 0 Å². The van der Waals surface area contributed by atoms with Crippen LogP contribution in [0.2, 0.25) is 0 Å². The van der Waals surface area contributed by atoms with Gasteiger partial charge in [-0.05, 0) is 31.2 Å². The van der Waals surface area contributed by atoms with E-state index < -0.39 is 23.6 Å². The molecule has 5 heteroatoms. The van der Waals surface area contributed by atoms with Crippen molar-refractivity contribution in [1.82, 2.24) is 5.32 Å². The fourth-order valence-electron chi connectivity index (χ4n) is 1.90. The zero-order valence-electron chi connectivity index (χ0n) is 10.9. The predicted molar refractivity (Wildman–Crippen MR) is 73.1 cm³/mol. The first kappa shape index (κ1) is 14.0. The Morgan fingerprint density at radius 1 is 1.15 bits per heavy atom. The molecule has 2 aromatic rings. The van der Waals surface area contributed by atoms with Gasteiger partial charge in [0.15, 0.2) is 0 Å². The molecule has 1 amide bonds. The van der Waals surface area contributed by atoms with Crippen LogP contribution >= 0.6 is 0 Å². The topological polar surface area (TPSA) is 55.1 Å². The molecule has 0 aromatic heterocycles. The molecule has 2 aromatic carbocycles. The molecule has 0 aliphatic rings. The number of halogens is 2. The standard InChI is InChI=1S/C15H14F2N2O/c1-9(11-4-2-3-5-13(11)16)19-15(20)12-8-10(18)6-7-14(12)17/h2-9H,18H2,1H3,(H,19,20). The summed E-state index contributed by atoms with van der Waals surface area (Å²) in [6, 6.07) is 9.26. The smallest absolute Gasteiger partial charge is 0.254 e. The molecule has 0 heterocycles. The van der Waals surface area contributed by atoms with Gasteiger partial charge in [-0.3, -0.25) is 4.79 Å². The van der Waals surface area contributed by atoms with Gasteiger partial charge in [-0.2, -0.15) is 0 Å². The van der Waals surface area contributed by atoms with E-state index in [0.717, 1.165) is 6.07 Å². The van der Waals surface area contributed by atoms with Crippen molar-refractivity contribution in [3.8, 4) is 0 Å². The number of carbonyl (C=O) groups is 1. The van der Waals surface area contributed by atoms with E-state index in [1.54, 1.807) is 25.1 Å². The normalized spacial score (nSPS) is 11.9. The van der Waals surface area contributed by atoms with Gasteiger partial charge in [-0.1, -0.05) is 18.2 Å². The molecule has 0 fully saturated rings. The summed E-state index contributed by atoms with van der Waals surface area (Å²) in [6.45, 7) is 1.63. The van der Waals surface area contributed by atoms with Crippen molar-refractivity contribution < 1.29 is 13.6 Å². The average Bonchev–Trinajstić information content (AvgIpc) is 2.41. The molecule has 3 nitrogen and oxygen atoms in total. The van der Waals surface area contributed by atoms with Gasteiger partial charge >= 0.3 is 0 Å². The summed E-state index contributed by atoms with van der Waals surface area (Å²) in [5, 5.41) is 2.55. The maximum Gasteiger partial charge on any atom is 0.254 e. The number of rotatable bonds is 3. The minimum atomic E-state index is -0.669. The highest BCUT2D eigenvalue weighted by molar-refractivity contribution is 5.95. The first-order valence-corrected chi connectivity index (χ1v) is 6.09. The number of hydrogen-bond donors (Lipinski definition) is 2. The molecular formula is C15H14F2N2O. The predicted octanol–water partition coefficient (Wildman–Crippen LogP) is 3.04. The molecule has 0 bridgehead atoms. The van der Waals surface area contributed by atoms with E-state index in [1.807, 2.05) is 0 Å². The molecule has 0 radical (unpaired) electrons. The van der Waals surface area contributed by atoms with Crippen LogP contribution in [0.1, 0.15) is 28.9 Å². The van der Waals surface area contributed by atoms with Gasteiger partial charge in [0, 0.05) is 11.3 Å². The van der Waals surface area contributed by atoms with E-state index in [0.29, 0.717) is 5.56 Å². The van der Waals surface area contributed by atoms with Crippen molar-refractivity contribution in [3.05, 3.63) is 65.2 Å². The Morgan fingerprint density at radius 2 is 1.85 bits per heavy atom. The maximum atomic E-state index is 13.6. The fraction of sp³-hybridized carbons (Fsp3) is 0.133. The Balaban J connectivity index is 2.20. The minimum absolute atomic E-state index is 0.159. The number of nitrogens with one attached hydrogen (secondary N) is 1. The molecule has 2 rings (SSSR count). The van der Waals surface area contributed by atoms with Gasteiger partial charge < -0.3 is 11.1 Å². The maximum absolute atomic E-state index is 13.6. The van der Waals surface area contributed by atoms with Crippen molar-refractivity contribution >= 4 is 11.6 Å². The molecule has 1 unspecified atom stereocenters. The quantitative estimate of drug-likeness (QED) is 0.847. The van der Waals surface area contributed by atoms with Crippen LogP contribution in [0.25, 0.3) is 0 Å². The van der Waals surface area contributed by atoms with Crippen LogP contribution in [0.4, 0.5) is 14.5 Å². The second kappa shape index (κ2) is 5.69. The first-order valence-electron chi connectivity index (χ1n) is 6.09. The van der Waals surface area contributed by atoms with Crippen LogP contribution in [0.3, 0.4) is 0 Å². The molecule has 0 saturated carbocycles. The number of carbonyl (C=O) groups excluding carboxylic acids is 1. The van der Waals surface area contributed by atoms with Gasteiger partial charge in [0.1, 0.15) is 11.6 Å².